The number of rotatable bonds is 7. The first-order chi connectivity index (χ1) is 14.5. The molecular weight excluding hydrogens is 396 g/mol. The van der Waals surface area contributed by atoms with Gasteiger partial charge in [0, 0.05) is 48.3 Å². The average Bonchev–Trinajstić information content (AvgIpc) is 3.31. The van der Waals surface area contributed by atoms with E-state index in [2.05, 4.69) is 5.32 Å². The van der Waals surface area contributed by atoms with Gasteiger partial charge in [-0.05, 0) is 55.5 Å². The van der Waals surface area contributed by atoms with Gasteiger partial charge in [-0.15, -0.1) is 11.3 Å². The fraction of sp³-hybridized carbons (Fsp3) is 0.217. The van der Waals surface area contributed by atoms with Crippen LogP contribution >= 0.6 is 11.3 Å². The molecule has 0 aliphatic heterocycles. The fourth-order valence-electron chi connectivity index (χ4n) is 3.20. The van der Waals surface area contributed by atoms with Crippen molar-refractivity contribution in [3.63, 3.8) is 0 Å². The SMILES string of the molecule is CCOc1ccc(-c2cn3c(CC(=O)Nc4ccc(N(C)C)cc4)csc3n2)cc1. The van der Waals surface area contributed by atoms with E-state index in [1.807, 2.05) is 90.4 Å². The predicted molar refractivity (Wildman–Crippen MR) is 123 cm³/mol. The molecule has 4 rings (SSSR count). The van der Waals surface area contributed by atoms with Crippen LogP contribution in [0.4, 0.5) is 11.4 Å². The molecule has 0 bridgehead atoms. The number of ether oxygens (including phenoxy) is 1. The number of carbonyl (C=O) groups is 1. The van der Waals surface area contributed by atoms with Crippen molar-refractivity contribution in [1.29, 1.82) is 0 Å². The normalized spacial score (nSPS) is 10.9. The van der Waals surface area contributed by atoms with Gasteiger partial charge in [0.05, 0.1) is 18.7 Å². The number of nitrogens with one attached hydrogen (secondary N) is 1. The number of hydrogen-bond donors (Lipinski definition) is 1. The molecule has 30 heavy (non-hydrogen) atoms. The van der Waals surface area contributed by atoms with Crippen molar-refractivity contribution in [2.75, 3.05) is 30.9 Å². The van der Waals surface area contributed by atoms with Gasteiger partial charge in [-0.25, -0.2) is 4.98 Å². The molecular formula is C23H24N4O2S. The van der Waals surface area contributed by atoms with E-state index in [-0.39, 0.29) is 12.3 Å². The van der Waals surface area contributed by atoms with Crippen LogP contribution in [0.3, 0.4) is 0 Å². The second kappa shape index (κ2) is 8.59. The fourth-order valence-corrected chi connectivity index (χ4v) is 4.07. The van der Waals surface area contributed by atoms with E-state index in [9.17, 15) is 4.79 Å². The molecule has 2 aromatic heterocycles. The Labute approximate surface area is 179 Å². The minimum Gasteiger partial charge on any atom is -0.494 e. The zero-order chi connectivity index (χ0) is 21.1. The molecule has 0 saturated carbocycles. The molecule has 154 valence electrons. The number of nitrogens with zero attached hydrogens (tertiary/aromatic N) is 3. The van der Waals surface area contributed by atoms with E-state index in [1.165, 1.54) is 11.3 Å². The first kappa shape index (κ1) is 20.0. The Hall–Kier alpha value is -3.32. The molecule has 2 heterocycles. The summed E-state index contributed by atoms with van der Waals surface area (Å²) in [6, 6.07) is 15.7. The second-order valence-corrected chi connectivity index (χ2v) is 7.97. The Kier molecular flexibility index (Phi) is 5.72. The molecule has 2 aromatic carbocycles. The predicted octanol–water partition coefficient (Wildman–Crippen LogP) is 4.71. The topological polar surface area (TPSA) is 58.9 Å². The molecule has 1 N–H and O–H groups in total. The van der Waals surface area contributed by atoms with Crippen LogP contribution in [0, 0.1) is 0 Å². The summed E-state index contributed by atoms with van der Waals surface area (Å²) in [6.45, 7) is 2.61. The van der Waals surface area contributed by atoms with Gasteiger partial charge in [-0.1, -0.05) is 0 Å². The number of hydrogen-bond acceptors (Lipinski definition) is 5. The minimum absolute atomic E-state index is 0.0522. The third-order valence-electron chi connectivity index (χ3n) is 4.75. The van der Waals surface area contributed by atoms with E-state index >= 15 is 0 Å². The average molecular weight is 421 g/mol. The summed E-state index contributed by atoms with van der Waals surface area (Å²) in [5, 5.41) is 4.95. The van der Waals surface area contributed by atoms with Crippen molar-refractivity contribution in [3.05, 3.63) is 65.8 Å². The standard InChI is InChI=1S/C23H24N4O2S/c1-4-29-20-11-5-16(6-12-20)21-14-27-19(15-30-23(27)25-21)13-22(28)24-17-7-9-18(10-8-17)26(2)3/h5-12,14-15H,4,13H2,1-3H3,(H,24,28). The van der Waals surface area contributed by atoms with Gasteiger partial charge < -0.3 is 15.0 Å². The molecule has 0 fully saturated rings. The largest absolute Gasteiger partial charge is 0.494 e. The Morgan fingerprint density at radius 1 is 1.13 bits per heavy atom. The highest BCUT2D eigenvalue weighted by molar-refractivity contribution is 7.15. The zero-order valence-corrected chi connectivity index (χ0v) is 18.1. The molecule has 0 aliphatic carbocycles. The van der Waals surface area contributed by atoms with Crippen molar-refractivity contribution >= 4 is 33.6 Å². The van der Waals surface area contributed by atoms with Crippen molar-refractivity contribution in [1.82, 2.24) is 9.38 Å². The monoisotopic (exact) mass is 420 g/mol. The number of imidazole rings is 1. The molecule has 0 aliphatic rings. The Morgan fingerprint density at radius 3 is 2.53 bits per heavy atom. The first-order valence-corrected chi connectivity index (χ1v) is 10.7. The zero-order valence-electron chi connectivity index (χ0n) is 17.3. The van der Waals surface area contributed by atoms with Gasteiger partial charge in [0.1, 0.15) is 5.75 Å². The van der Waals surface area contributed by atoms with Gasteiger partial charge >= 0.3 is 0 Å². The van der Waals surface area contributed by atoms with Crippen molar-refractivity contribution in [2.45, 2.75) is 13.3 Å². The molecule has 1 amide bonds. The van der Waals surface area contributed by atoms with E-state index < -0.39 is 0 Å². The highest BCUT2D eigenvalue weighted by Gasteiger charge is 2.13. The maximum atomic E-state index is 12.6. The van der Waals surface area contributed by atoms with E-state index in [0.717, 1.165) is 39.0 Å². The lowest BCUT2D eigenvalue weighted by atomic mass is 10.1. The summed E-state index contributed by atoms with van der Waals surface area (Å²) < 4.78 is 7.49. The second-order valence-electron chi connectivity index (χ2n) is 7.13. The lowest BCUT2D eigenvalue weighted by Gasteiger charge is -2.13. The number of thiazole rings is 1. The number of carbonyl (C=O) groups excluding carboxylic acids is 1. The Bertz CT molecular complexity index is 1140. The molecule has 0 spiro atoms. The maximum absolute atomic E-state index is 12.6. The lowest BCUT2D eigenvalue weighted by molar-refractivity contribution is -0.115. The number of amides is 1. The minimum atomic E-state index is -0.0522. The third-order valence-corrected chi connectivity index (χ3v) is 5.64. The highest BCUT2D eigenvalue weighted by atomic mass is 32.1. The van der Waals surface area contributed by atoms with Crippen molar-refractivity contribution in [3.8, 4) is 17.0 Å². The molecule has 0 atom stereocenters. The van der Waals surface area contributed by atoms with Crippen LogP contribution in [0.2, 0.25) is 0 Å². The van der Waals surface area contributed by atoms with Gasteiger partial charge in [0.15, 0.2) is 4.96 Å². The number of benzene rings is 2. The summed E-state index contributed by atoms with van der Waals surface area (Å²) in [4.78, 5) is 20.1. The third kappa shape index (κ3) is 4.31. The summed E-state index contributed by atoms with van der Waals surface area (Å²) in [5.74, 6) is 0.793. The quantitative estimate of drug-likeness (QED) is 0.470. The summed E-state index contributed by atoms with van der Waals surface area (Å²) in [5.41, 5.74) is 4.70. The van der Waals surface area contributed by atoms with Crippen LogP contribution in [-0.2, 0) is 11.2 Å². The van der Waals surface area contributed by atoms with Crippen LogP contribution in [-0.4, -0.2) is 36.0 Å². The van der Waals surface area contributed by atoms with Gasteiger partial charge in [0.25, 0.3) is 0 Å². The van der Waals surface area contributed by atoms with E-state index in [4.69, 9.17) is 9.72 Å². The van der Waals surface area contributed by atoms with Crippen molar-refractivity contribution in [2.24, 2.45) is 0 Å². The number of aromatic nitrogens is 2. The van der Waals surface area contributed by atoms with Crippen LogP contribution < -0.4 is 15.0 Å². The highest BCUT2D eigenvalue weighted by Crippen LogP contribution is 2.26. The smallest absolute Gasteiger partial charge is 0.230 e. The molecule has 4 aromatic rings. The summed E-state index contributed by atoms with van der Waals surface area (Å²) in [6.07, 6.45) is 2.27. The maximum Gasteiger partial charge on any atom is 0.230 e. The molecule has 0 unspecified atom stereocenters. The van der Waals surface area contributed by atoms with Crippen LogP contribution in [0.15, 0.2) is 60.1 Å². The first-order valence-electron chi connectivity index (χ1n) is 9.79. The molecule has 0 radical (unpaired) electrons. The lowest BCUT2D eigenvalue weighted by Crippen LogP contribution is -2.15. The summed E-state index contributed by atoms with van der Waals surface area (Å²) in [7, 11) is 3.98. The van der Waals surface area contributed by atoms with Crippen molar-refractivity contribution < 1.29 is 9.53 Å². The van der Waals surface area contributed by atoms with E-state index in [1.54, 1.807) is 0 Å². The Balaban J connectivity index is 1.47. The van der Waals surface area contributed by atoms with Gasteiger partial charge in [-0.2, -0.15) is 0 Å². The van der Waals surface area contributed by atoms with Gasteiger partial charge in [-0.3, -0.25) is 9.20 Å². The molecule has 6 nitrogen and oxygen atoms in total. The Morgan fingerprint density at radius 2 is 1.87 bits per heavy atom. The van der Waals surface area contributed by atoms with Crippen LogP contribution in [0.25, 0.3) is 16.2 Å². The van der Waals surface area contributed by atoms with Gasteiger partial charge in [0.2, 0.25) is 5.91 Å². The molecule has 0 saturated heterocycles. The van der Waals surface area contributed by atoms with Crippen LogP contribution in [0.5, 0.6) is 5.75 Å². The summed E-state index contributed by atoms with van der Waals surface area (Å²) >= 11 is 1.54. The molecule has 7 heteroatoms. The number of anilines is 2. The number of fused-ring (bicyclic) bond motifs is 1. The van der Waals surface area contributed by atoms with Crippen LogP contribution in [0.1, 0.15) is 12.6 Å². The van der Waals surface area contributed by atoms with E-state index in [0.29, 0.717) is 6.61 Å².